The Morgan fingerprint density at radius 2 is 1.89 bits per heavy atom. The van der Waals surface area contributed by atoms with E-state index in [1.807, 2.05) is 0 Å². The molecule has 2 N–H and O–H groups in total. The van der Waals surface area contributed by atoms with E-state index in [-0.39, 0.29) is 6.42 Å². The Labute approximate surface area is 69.3 Å². The molecule has 0 aliphatic heterocycles. The van der Waals surface area contributed by atoms with Gasteiger partial charge >= 0.3 is 69.3 Å². The van der Waals surface area contributed by atoms with Gasteiger partial charge in [0.2, 0.25) is 0 Å². The third-order valence-corrected chi connectivity index (χ3v) is 1.80. The van der Waals surface area contributed by atoms with Crippen LogP contribution in [0.3, 0.4) is 0 Å². The van der Waals surface area contributed by atoms with Gasteiger partial charge in [-0.3, -0.25) is 0 Å². The van der Waals surface area contributed by atoms with Gasteiger partial charge in [-0.2, -0.15) is 0 Å². The van der Waals surface area contributed by atoms with Gasteiger partial charge < -0.3 is 0 Å². The Bertz CT molecular complexity index is 133. The molecule has 0 aliphatic rings. The monoisotopic (exact) mass is 140 g/mol. The van der Waals surface area contributed by atoms with Crippen LogP contribution in [-0.2, 0) is 9.59 Å². The summed E-state index contributed by atoms with van der Waals surface area (Å²) >= 11 is 0.391. The zero-order valence-electron chi connectivity index (χ0n) is 5.00. The van der Waals surface area contributed by atoms with Crippen molar-refractivity contribution in [1.29, 1.82) is 0 Å². The molecule has 0 rings (SSSR count). The zero-order chi connectivity index (χ0) is 7.44. The van der Waals surface area contributed by atoms with E-state index >= 15 is 0 Å². The SMILES string of the molecule is O=C(O)C[CH]([Na])C(=O)O. The second-order valence-electron chi connectivity index (χ2n) is 1.84. The fourth-order valence-corrected chi connectivity index (χ4v) is 0.698. The molecule has 5 heteroatoms. The molecule has 1 atom stereocenters. The summed E-state index contributed by atoms with van der Waals surface area (Å²) in [6.45, 7) is 0. The Hall–Kier alpha value is -0.0600. The van der Waals surface area contributed by atoms with Crippen LogP contribution in [0.15, 0.2) is 0 Å². The van der Waals surface area contributed by atoms with Gasteiger partial charge in [0.05, 0.1) is 0 Å². The van der Waals surface area contributed by atoms with Crippen molar-refractivity contribution in [3.05, 3.63) is 0 Å². The van der Waals surface area contributed by atoms with E-state index in [0.29, 0.717) is 27.9 Å². The summed E-state index contributed by atoms with van der Waals surface area (Å²) in [7, 11) is 0. The number of carboxylic acid groups (broad SMARTS) is 2. The molecule has 0 heterocycles. The number of aliphatic carboxylic acids is 2. The Morgan fingerprint density at radius 1 is 1.44 bits per heavy atom. The number of hydrogen-bond acceptors (Lipinski definition) is 2. The topological polar surface area (TPSA) is 74.6 Å². The van der Waals surface area contributed by atoms with Gasteiger partial charge in [-0.25, -0.2) is 0 Å². The van der Waals surface area contributed by atoms with Crippen molar-refractivity contribution in [3.63, 3.8) is 0 Å². The molecule has 0 saturated carbocycles. The average Bonchev–Trinajstić information content (AvgIpc) is 1.63. The van der Waals surface area contributed by atoms with Crippen molar-refractivity contribution in [2.24, 2.45) is 0 Å². The normalized spacial score (nSPS) is 12.7. The molecular formula is C4H5NaO4. The molecule has 0 saturated heterocycles. The second kappa shape index (κ2) is 3.87. The fraction of sp³-hybridized carbons (Fsp3) is 0.500. The van der Waals surface area contributed by atoms with E-state index in [4.69, 9.17) is 10.2 Å². The van der Waals surface area contributed by atoms with E-state index in [9.17, 15) is 9.59 Å². The molecule has 0 amide bonds. The summed E-state index contributed by atoms with van der Waals surface area (Å²) < 4.78 is -0.650. The summed E-state index contributed by atoms with van der Waals surface area (Å²) in [4.78, 5) is 19.9. The van der Waals surface area contributed by atoms with Gasteiger partial charge in [-0.05, 0) is 0 Å². The number of carboxylic acids is 2. The Balaban J connectivity index is 3.63. The van der Waals surface area contributed by atoms with Crippen molar-refractivity contribution in [1.82, 2.24) is 0 Å². The summed E-state index contributed by atoms with van der Waals surface area (Å²) in [5, 5.41) is 16.3. The van der Waals surface area contributed by atoms with Crippen molar-refractivity contribution in [3.8, 4) is 0 Å². The van der Waals surface area contributed by atoms with E-state index in [1.54, 1.807) is 0 Å². The minimum atomic E-state index is -1.04. The van der Waals surface area contributed by atoms with Gasteiger partial charge in [0.15, 0.2) is 0 Å². The molecule has 0 radical (unpaired) electrons. The van der Waals surface area contributed by atoms with Gasteiger partial charge in [-0.1, -0.05) is 0 Å². The molecule has 0 spiro atoms. The summed E-state index contributed by atoms with van der Waals surface area (Å²) in [5.41, 5.74) is 0. The first-order valence-electron chi connectivity index (χ1n) is 2.48. The van der Waals surface area contributed by atoms with Crippen molar-refractivity contribution < 1.29 is 19.8 Å². The first-order valence-corrected chi connectivity index (χ1v) is 3.64. The molecule has 4 nitrogen and oxygen atoms in total. The molecule has 0 bridgehead atoms. The van der Waals surface area contributed by atoms with Crippen LogP contribution in [0.4, 0.5) is 0 Å². The van der Waals surface area contributed by atoms with E-state index in [0.717, 1.165) is 0 Å². The molecule has 0 aromatic carbocycles. The number of rotatable bonds is 3. The molecule has 9 heavy (non-hydrogen) atoms. The minimum absolute atomic E-state index is 0.248. The molecule has 46 valence electrons. The summed E-state index contributed by atoms with van der Waals surface area (Å²) in [5.74, 6) is -2.05. The van der Waals surface area contributed by atoms with Crippen molar-refractivity contribution in [2.75, 3.05) is 0 Å². The summed E-state index contributed by atoms with van der Waals surface area (Å²) in [6, 6.07) is 0. The van der Waals surface area contributed by atoms with Crippen LogP contribution in [0.25, 0.3) is 0 Å². The van der Waals surface area contributed by atoms with E-state index in [2.05, 4.69) is 0 Å². The quantitative estimate of drug-likeness (QED) is 0.518. The number of hydrogen-bond donors (Lipinski definition) is 2. The van der Waals surface area contributed by atoms with Gasteiger partial charge in [0.1, 0.15) is 0 Å². The van der Waals surface area contributed by atoms with Crippen LogP contribution in [-0.4, -0.2) is 50.1 Å². The summed E-state index contributed by atoms with van der Waals surface area (Å²) in [6.07, 6.45) is -0.248. The van der Waals surface area contributed by atoms with Gasteiger partial charge in [0.25, 0.3) is 0 Å². The van der Waals surface area contributed by atoms with Crippen LogP contribution in [0.5, 0.6) is 0 Å². The van der Waals surface area contributed by atoms with Gasteiger partial charge in [0, 0.05) is 0 Å². The third kappa shape index (κ3) is 4.44. The maximum absolute atomic E-state index is 10.0. The second-order valence-corrected chi connectivity index (χ2v) is 3.23. The van der Waals surface area contributed by atoms with Crippen LogP contribution >= 0.6 is 0 Å². The Kier molecular flexibility index (Phi) is 3.84. The van der Waals surface area contributed by atoms with Crippen molar-refractivity contribution in [2.45, 2.75) is 9.59 Å². The maximum atomic E-state index is 10.0. The van der Waals surface area contributed by atoms with E-state index in [1.165, 1.54) is 0 Å². The van der Waals surface area contributed by atoms with Crippen LogP contribution in [0.2, 0.25) is 3.17 Å². The van der Waals surface area contributed by atoms with Crippen LogP contribution in [0, 0.1) is 0 Å². The molecule has 0 aromatic heterocycles. The average molecular weight is 140 g/mol. The molecular weight excluding hydrogens is 135 g/mol. The molecule has 1 unspecified atom stereocenters. The third-order valence-electron chi connectivity index (χ3n) is 0.902. The van der Waals surface area contributed by atoms with Crippen LogP contribution < -0.4 is 0 Å². The molecule has 0 aromatic rings. The van der Waals surface area contributed by atoms with Gasteiger partial charge in [-0.15, -0.1) is 0 Å². The fourth-order valence-electron chi connectivity index (χ4n) is 0.349. The number of carbonyl (C=O) groups is 2. The predicted molar refractivity (Wildman–Crippen MR) is 29.4 cm³/mol. The van der Waals surface area contributed by atoms with Crippen LogP contribution in [0.1, 0.15) is 6.42 Å². The van der Waals surface area contributed by atoms with E-state index < -0.39 is 15.1 Å². The molecule has 0 aliphatic carbocycles. The Morgan fingerprint density at radius 3 is 2.00 bits per heavy atom. The standard InChI is InChI=1S/C4H5O4.Na/c5-3(6)1-2-4(7)8;/h1H,2H2,(H,5,6)(H,7,8);. The molecule has 0 fully saturated rings. The first-order chi connectivity index (χ1) is 4.04. The van der Waals surface area contributed by atoms with Crippen molar-refractivity contribution >= 4 is 39.9 Å². The predicted octanol–water partition coefficient (Wildman–Crippen LogP) is -0.497. The zero-order valence-corrected chi connectivity index (χ0v) is 7.00. The first kappa shape index (κ1) is 8.94.